The molecule has 32 heavy (non-hydrogen) atoms. The zero-order valence-corrected chi connectivity index (χ0v) is 17.7. The molecular weight excluding hydrogens is 402 g/mol. The predicted octanol–water partition coefficient (Wildman–Crippen LogP) is 4.21. The van der Waals surface area contributed by atoms with Gasteiger partial charge in [-0.05, 0) is 34.9 Å². The number of carbonyl (C=O) groups is 1. The molecule has 1 unspecified atom stereocenters. The van der Waals surface area contributed by atoms with Crippen molar-refractivity contribution in [2.24, 2.45) is 5.92 Å². The maximum Gasteiger partial charge on any atom is 0.274 e. The maximum atomic E-state index is 11.6. The summed E-state index contributed by atoms with van der Waals surface area (Å²) >= 11 is 0. The first kappa shape index (κ1) is 20.0. The molecule has 0 saturated carbocycles. The predicted molar refractivity (Wildman–Crippen MR) is 121 cm³/mol. The molecule has 0 saturated heterocycles. The largest absolute Gasteiger partial charge is 0.550 e. The SMILES string of the molecule is CCC(Cn1c(-c2nc(Cc3ccc4ccccc4c3)no2)cc2ccccc21)C(=O)[O-]. The third-order valence-electron chi connectivity index (χ3n) is 5.90. The highest BCUT2D eigenvalue weighted by atomic mass is 16.5. The van der Waals surface area contributed by atoms with Crippen molar-refractivity contribution >= 4 is 27.6 Å². The fourth-order valence-electron chi connectivity index (χ4n) is 4.14. The summed E-state index contributed by atoms with van der Waals surface area (Å²) < 4.78 is 7.55. The Morgan fingerprint density at radius 2 is 1.75 bits per heavy atom. The molecule has 0 aliphatic heterocycles. The van der Waals surface area contributed by atoms with Crippen molar-refractivity contribution in [1.82, 2.24) is 14.7 Å². The summed E-state index contributed by atoms with van der Waals surface area (Å²) in [7, 11) is 0. The van der Waals surface area contributed by atoms with Gasteiger partial charge < -0.3 is 19.0 Å². The molecule has 6 nitrogen and oxygen atoms in total. The zero-order valence-electron chi connectivity index (χ0n) is 17.7. The van der Waals surface area contributed by atoms with Gasteiger partial charge in [0.2, 0.25) is 0 Å². The molecule has 0 N–H and O–H groups in total. The van der Waals surface area contributed by atoms with Crippen molar-refractivity contribution < 1.29 is 14.4 Å². The fraction of sp³-hybridized carbons (Fsp3) is 0.192. The lowest BCUT2D eigenvalue weighted by Crippen LogP contribution is -2.33. The van der Waals surface area contributed by atoms with E-state index in [1.807, 2.05) is 54.0 Å². The number of fused-ring (bicyclic) bond motifs is 2. The summed E-state index contributed by atoms with van der Waals surface area (Å²) in [6, 6.07) is 24.3. The van der Waals surface area contributed by atoms with Crippen LogP contribution in [0.3, 0.4) is 0 Å². The van der Waals surface area contributed by atoms with E-state index in [9.17, 15) is 9.90 Å². The van der Waals surface area contributed by atoms with Crippen LogP contribution in [0.1, 0.15) is 24.7 Å². The van der Waals surface area contributed by atoms with Crippen molar-refractivity contribution in [3.63, 3.8) is 0 Å². The van der Waals surface area contributed by atoms with Crippen molar-refractivity contribution in [3.8, 4) is 11.6 Å². The average Bonchev–Trinajstić information content (AvgIpc) is 3.41. The van der Waals surface area contributed by atoms with Crippen molar-refractivity contribution in [2.75, 3.05) is 0 Å². The highest BCUT2D eigenvalue weighted by Crippen LogP contribution is 2.29. The van der Waals surface area contributed by atoms with E-state index in [0.717, 1.165) is 16.5 Å². The highest BCUT2D eigenvalue weighted by Gasteiger charge is 2.19. The fourth-order valence-corrected chi connectivity index (χ4v) is 4.14. The van der Waals surface area contributed by atoms with Gasteiger partial charge in [0.05, 0.1) is 0 Å². The van der Waals surface area contributed by atoms with Crippen LogP contribution in [0.25, 0.3) is 33.3 Å². The second-order valence-corrected chi connectivity index (χ2v) is 8.00. The number of hydrogen-bond donors (Lipinski definition) is 0. The standard InChI is InChI=1S/C26H23N3O3/c1-2-18(26(30)31)16-29-22-10-6-5-9-21(22)15-23(29)25-27-24(28-32-25)14-17-11-12-19-7-3-4-8-20(19)13-17/h3-13,15,18H,2,14,16H2,1H3,(H,30,31)/p-1. The van der Waals surface area contributed by atoms with Crippen LogP contribution in [0.4, 0.5) is 0 Å². The maximum absolute atomic E-state index is 11.6. The minimum absolute atomic E-state index is 0.282. The second kappa shape index (κ2) is 8.30. The van der Waals surface area contributed by atoms with E-state index >= 15 is 0 Å². The number of nitrogens with zero attached hydrogens (tertiary/aromatic N) is 3. The lowest BCUT2D eigenvalue weighted by Gasteiger charge is -2.18. The zero-order chi connectivity index (χ0) is 22.1. The van der Waals surface area contributed by atoms with Crippen LogP contribution in [0, 0.1) is 5.92 Å². The van der Waals surface area contributed by atoms with Gasteiger partial charge in [-0.1, -0.05) is 72.7 Å². The monoisotopic (exact) mass is 424 g/mol. The van der Waals surface area contributed by atoms with Crippen LogP contribution in [-0.2, 0) is 17.8 Å². The van der Waals surface area contributed by atoms with E-state index in [0.29, 0.717) is 30.3 Å². The third kappa shape index (κ3) is 3.75. The number of benzene rings is 3. The van der Waals surface area contributed by atoms with Crippen LogP contribution in [-0.4, -0.2) is 20.7 Å². The van der Waals surface area contributed by atoms with Gasteiger partial charge in [0.1, 0.15) is 5.69 Å². The third-order valence-corrected chi connectivity index (χ3v) is 5.90. The Hall–Kier alpha value is -3.93. The van der Waals surface area contributed by atoms with Crippen LogP contribution < -0.4 is 5.11 Å². The number of carbonyl (C=O) groups excluding carboxylic acids is 1. The molecule has 0 aliphatic rings. The Bertz CT molecular complexity index is 1420. The normalized spacial score (nSPS) is 12.4. The Balaban J connectivity index is 1.49. The van der Waals surface area contributed by atoms with E-state index in [1.54, 1.807) is 0 Å². The molecule has 0 amide bonds. The van der Waals surface area contributed by atoms with Gasteiger partial charge in [-0.15, -0.1) is 0 Å². The van der Waals surface area contributed by atoms with Crippen molar-refractivity contribution in [3.05, 3.63) is 84.2 Å². The topological polar surface area (TPSA) is 84.0 Å². The molecule has 6 heteroatoms. The lowest BCUT2D eigenvalue weighted by molar-refractivity contribution is -0.312. The van der Waals surface area contributed by atoms with Crippen LogP contribution >= 0.6 is 0 Å². The van der Waals surface area contributed by atoms with E-state index < -0.39 is 11.9 Å². The molecule has 0 fully saturated rings. The molecule has 0 bridgehead atoms. The van der Waals surface area contributed by atoms with Gasteiger partial charge in [-0.3, -0.25) is 0 Å². The Labute approximate surface area is 185 Å². The molecule has 3 aromatic carbocycles. The molecule has 5 rings (SSSR count). The molecule has 160 valence electrons. The van der Waals surface area contributed by atoms with Gasteiger partial charge in [0.25, 0.3) is 5.89 Å². The summed E-state index contributed by atoms with van der Waals surface area (Å²) in [4.78, 5) is 16.2. The van der Waals surface area contributed by atoms with E-state index in [1.165, 1.54) is 10.8 Å². The van der Waals surface area contributed by atoms with E-state index in [4.69, 9.17) is 4.52 Å². The molecule has 0 radical (unpaired) electrons. The minimum Gasteiger partial charge on any atom is -0.550 e. The Morgan fingerprint density at radius 1 is 1.00 bits per heavy atom. The number of para-hydroxylation sites is 1. The van der Waals surface area contributed by atoms with Crippen LogP contribution in [0.2, 0.25) is 0 Å². The molecule has 1 atom stereocenters. The first-order valence-electron chi connectivity index (χ1n) is 10.7. The molecular formula is C26H22N3O3-. The van der Waals surface area contributed by atoms with Gasteiger partial charge in [0, 0.05) is 35.8 Å². The van der Waals surface area contributed by atoms with Crippen molar-refractivity contribution in [2.45, 2.75) is 26.3 Å². The van der Waals surface area contributed by atoms with Crippen LogP contribution in [0.15, 0.2) is 77.3 Å². The van der Waals surface area contributed by atoms with E-state index in [-0.39, 0.29) is 6.54 Å². The summed E-state index contributed by atoms with van der Waals surface area (Å²) in [5, 5.41) is 19.1. The smallest absolute Gasteiger partial charge is 0.274 e. The summed E-state index contributed by atoms with van der Waals surface area (Å²) in [6.45, 7) is 2.13. The number of carboxylic acids is 1. The molecule has 0 spiro atoms. The number of carboxylic acid groups (broad SMARTS) is 1. The second-order valence-electron chi connectivity index (χ2n) is 8.00. The summed E-state index contributed by atoms with van der Waals surface area (Å²) in [6.07, 6.45) is 1.02. The number of aliphatic carboxylic acids is 1. The first-order valence-corrected chi connectivity index (χ1v) is 10.7. The molecule has 5 aromatic rings. The van der Waals surface area contributed by atoms with E-state index in [2.05, 4.69) is 40.5 Å². The number of aromatic nitrogens is 3. The molecule has 0 aliphatic carbocycles. The van der Waals surface area contributed by atoms with Crippen molar-refractivity contribution in [1.29, 1.82) is 0 Å². The summed E-state index contributed by atoms with van der Waals surface area (Å²) in [5.74, 6) is -0.701. The van der Waals surface area contributed by atoms with Gasteiger partial charge in [-0.2, -0.15) is 4.98 Å². The number of rotatable bonds is 7. The average molecular weight is 424 g/mol. The van der Waals surface area contributed by atoms with Gasteiger partial charge >= 0.3 is 0 Å². The first-order chi connectivity index (χ1) is 15.6. The molecule has 2 heterocycles. The Morgan fingerprint density at radius 3 is 2.53 bits per heavy atom. The number of hydrogen-bond acceptors (Lipinski definition) is 5. The lowest BCUT2D eigenvalue weighted by atomic mass is 10.1. The highest BCUT2D eigenvalue weighted by molar-refractivity contribution is 5.86. The quantitative estimate of drug-likeness (QED) is 0.391. The Kier molecular flexibility index (Phi) is 5.19. The van der Waals surface area contributed by atoms with Crippen LogP contribution in [0.5, 0.6) is 0 Å². The minimum atomic E-state index is -1.06. The molecule has 2 aromatic heterocycles. The van der Waals surface area contributed by atoms with Gasteiger partial charge in [0.15, 0.2) is 5.82 Å². The summed E-state index contributed by atoms with van der Waals surface area (Å²) in [5.41, 5.74) is 2.74. The van der Waals surface area contributed by atoms with Gasteiger partial charge in [-0.25, -0.2) is 0 Å².